The second-order valence-corrected chi connectivity index (χ2v) is 5.70. The van der Waals surface area contributed by atoms with Crippen LogP contribution in [0, 0.1) is 0 Å². The Hall–Kier alpha value is -3.13. The number of nitrogens with zero attached hydrogens (tertiary/aromatic N) is 1. The van der Waals surface area contributed by atoms with Gasteiger partial charge in [-0.25, -0.2) is 0 Å². The Labute approximate surface area is 141 Å². The van der Waals surface area contributed by atoms with E-state index in [0.717, 1.165) is 28.0 Å². The second-order valence-electron chi connectivity index (χ2n) is 5.70. The largest absolute Gasteiger partial charge is 0.497 e. The molecule has 1 heterocycles. The highest BCUT2D eigenvalue weighted by molar-refractivity contribution is 6.11. The smallest absolute Gasteiger partial charge is 0.119 e. The lowest BCUT2D eigenvalue weighted by atomic mass is 9.96. The Morgan fingerprint density at radius 3 is 2.62 bits per heavy atom. The van der Waals surface area contributed by atoms with Crippen molar-refractivity contribution in [2.45, 2.75) is 0 Å². The molecule has 0 aliphatic carbocycles. The van der Waals surface area contributed by atoms with Crippen molar-refractivity contribution in [2.24, 2.45) is 0 Å². The molecule has 0 saturated heterocycles. The van der Waals surface area contributed by atoms with Crippen molar-refractivity contribution in [3.8, 4) is 17.0 Å². The van der Waals surface area contributed by atoms with E-state index < -0.39 is 0 Å². The van der Waals surface area contributed by atoms with Crippen LogP contribution in [0.5, 0.6) is 5.75 Å². The molecule has 116 valence electrons. The van der Waals surface area contributed by atoms with Gasteiger partial charge in [0, 0.05) is 17.1 Å². The summed E-state index contributed by atoms with van der Waals surface area (Å²) in [4.78, 5) is 4.66. The Bertz CT molecular complexity index is 1070. The van der Waals surface area contributed by atoms with E-state index in [-0.39, 0.29) is 0 Å². The van der Waals surface area contributed by atoms with Gasteiger partial charge in [-0.3, -0.25) is 4.98 Å². The van der Waals surface area contributed by atoms with E-state index in [9.17, 15) is 0 Å². The normalized spacial score (nSPS) is 10.9. The van der Waals surface area contributed by atoms with Gasteiger partial charge in [-0.15, -0.1) is 0 Å². The number of pyridine rings is 1. The molecule has 0 amide bonds. The standard InChI is InChI=1S/C22H17NO/c1-3-15-14-17(24-2)9-11-19(15)22-21-10-8-16-6-4-5-7-18(16)20(21)12-13-23-22/h3-14H,1H2,2H3. The maximum atomic E-state index is 5.32. The number of fused-ring (bicyclic) bond motifs is 3. The molecule has 0 unspecified atom stereocenters. The molecular weight excluding hydrogens is 294 g/mol. The Morgan fingerprint density at radius 1 is 0.917 bits per heavy atom. The fourth-order valence-electron chi connectivity index (χ4n) is 3.20. The number of benzene rings is 3. The molecule has 0 saturated carbocycles. The summed E-state index contributed by atoms with van der Waals surface area (Å²) in [5, 5.41) is 4.83. The molecule has 4 aromatic rings. The van der Waals surface area contributed by atoms with Crippen LogP contribution in [-0.2, 0) is 0 Å². The van der Waals surface area contributed by atoms with Crippen molar-refractivity contribution in [1.82, 2.24) is 4.98 Å². The first-order valence-corrected chi connectivity index (χ1v) is 7.89. The van der Waals surface area contributed by atoms with Gasteiger partial charge < -0.3 is 4.74 Å². The lowest BCUT2D eigenvalue weighted by molar-refractivity contribution is 0.415. The summed E-state index contributed by atoms with van der Waals surface area (Å²) < 4.78 is 5.32. The van der Waals surface area contributed by atoms with Gasteiger partial charge in [-0.2, -0.15) is 0 Å². The van der Waals surface area contributed by atoms with Crippen molar-refractivity contribution in [3.63, 3.8) is 0 Å². The summed E-state index contributed by atoms with van der Waals surface area (Å²) in [7, 11) is 1.67. The van der Waals surface area contributed by atoms with E-state index in [4.69, 9.17) is 4.74 Å². The first kappa shape index (κ1) is 14.5. The van der Waals surface area contributed by atoms with E-state index in [0.29, 0.717) is 0 Å². The van der Waals surface area contributed by atoms with E-state index >= 15 is 0 Å². The summed E-state index contributed by atoms with van der Waals surface area (Å²) in [5.41, 5.74) is 3.05. The molecule has 0 N–H and O–H groups in total. The average molecular weight is 311 g/mol. The highest BCUT2D eigenvalue weighted by Crippen LogP contribution is 2.34. The zero-order valence-electron chi connectivity index (χ0n) is 13.5. The van der Waals surface area contributed by atoms with Crippen LogP contribution in [0.2, 0.25) is 0 Å². The fraction of sp³-hybridized carbons (Fsp3) is 0.0455. The molecule has 0 fully saturated rings. The van der Waals surface area contributed by atoms with E-state index in [1.54, 1.807) is 7.11 Å². The molecule has 0 radical (unpaired) electrons. The third-order valence-corrected chi connectivity index (χ3v) is 4.40. The van der Waals surface area contributed by atoms with Crippen molar-refractivity contribution in [2.75, 3.05) is 7.11 Å². The quantitative estimate of drug-likeness (QED) is 0.452. The molecule has 0 atom stereocenters. The summed E-state index contributed by atoms with van der Waals surface area (Å²) in [5.74, 6) is 0.819. The Kier molecular flexibility index (Phi) is 3.51. The van der Waals surface area contributed by atoms with Crippen LogP contribution in [-0.4, -0.2) is 12.1 Å². The predicted molar refractivity (Wildman–Crippen MR) is 101 cm³/mol. The van der Waals surface area contributed by atoms with Crippen LogP contribution in [0.15, 0.2) is 73.4 Å². The van der Waals surface area contributed by atoms with Crippen molar-refractivity contribution < 1.29 is 4.74 Å². The van der Waals surface area contributed by atoms with Crippen LogP contribution in [0.1, 0.15) is 5.56 Å². The highest BCUT2D eigenvalue weighted by atomic mass is 16.5. The maximum Gasteiger partial charge on any atom is 0.119 e. The molecule has 24 heavy (non-hydrogen) atoms. The third-order valence-electron chi connectivity index (χ3n) is 4.40. The topological polar surface area (TPSA) is 22.1 Å². The van der Waals surface area contributed by atoms with Gasteiger partial charge in [0.05, 0.1) is 12.8 Å². The lowest BCUT2D eigenvalue weighted by Gasteiger charge is -2.12. The molecule has 0 aliphatic heterocycles. The molecular formula is C22H17NO. The summed E-state index contributed by atoms with van der Waals surface area (Å²) in [6.45, 7) is 3.94. The first-order chi connectivity index (χ1) is 11.8. The Morgan fingerprint density at radius 2 is 1.79 bits per heavy atom. The minimum Gasteiger partial charge on any atom is -0.497 e. The molecule has 0 aliphatic rings. The van der Waals surface area contributed by atoms with E-state index in [1.165, 1.54) is 16.2 Å². The number of methoxy groups -OCH3 is 1. The number of hydrogen-bond donors (Lipinski definition) is 0. The summed E-state index contributed by atoms with van der Waals surface area (Å²) >= 11 is 0. The zero-order valence-corrected chi connectivity index (χ0v) is 13.5. The fourth-order valence-corrected chi connectivity index (χ4v) is 3.20. The van der Waals surface area contributed by atoms with Crippen LogP contribution >= 0.6 is 0 Å². The van der Waals surface area contributed by atoms with E-state index in [2.05, 4.69) is 54.0 Å². The summed E-state index contributed by atoms with van der Waals surface area (Å²) in [6, 6.07) is 20.8. The monoisotopic (exact) mass is 311 g/mol. The zero-order chi connectivity index (χ0) is 16.5. The van der Waals surface area contributed by atoms with Gasteiger partial charge in [-0.1, -0.05) is 49.1 Å². The predicted octanol–water partition coefficient (Wildman–Crippen LogP) is 5.71. The first-order valence-electron chi connectivity index (χ1n) is 7.89. The highest BCUT2D eigenvalue weighted by Gasteiger charge is 2.11. The molecule has 4 rings (SSSR count). The van der Waals surface area contributed by atoms with Crippen molar-refractivity contribution >= 4 is 27.6 Å². The molecule has 0 bridgehead atoms. The maximum absolute atomic E-state index is 5.32. The van der Waals surface area contributed by atoms with Gasteiger partial charge >= 0.3 is 0 Å². The number of rotatable bonds is 3. The number of hydrogen-bond acceptors (Lipinski definition) is 2. The minimum absolute atomic E-state index is 0.819. The average Bonchev–Trinajstić information content (AvgIpc) is 2.66. The minimum atomic E-state index is 0.819. The third kappa shape index (κ3) is 2.24. The summed E-state index contributed by atoms with van der Waals surface area (Å²) in [6.07, 6.45) is 3.72. The van der Waals surface area contributed by atoms with Gasteiger partial charge in [0.1, 0.15) is 5.75 Å². The van der Waals surface area contributed by atoms with Crippen molar-refractivity contribution in [3.05, 3.63) is 79.0 Å². The number of aromatic nitrogens is 1. The van der Waals surface area contributed by atoms with E-state index in [1.807, 2.05) is 30.5 Å². The Balaban J connectivity index is 2.04. The second kappa shape index (κ2) is 5.82. The van der Waals surface area contributed by atoms with Crippen LogP contribution in [0.4, 0.5) is 0 Å². The van der Waals surface area contributed by atoms with Crippen LogP contribution in [0.25, 0.3) is 38.9 Å². The SMILES string of the molecule is C=Cc1cc(OC)ccc1-c1nccc2c1ccc1ccccc12. The molecule has 1 aromatic heterocycles. The van der Waals surface area contributed by atoms with Gasteiger partial charge in [-0.05, 0) is 46.0 Å². The van der Waals surface area contributed by atoms with Gasteiger partial charge in [0.15, 0.2) is 0 Å². The van der Waals surface area contributed by atoms with Crippen molar-refractivity contribution in [1.29, 1.82) is 0 Å². The molecule has 2 heteroatoms. The number of ether oxygens (including phenoxy) is 1. The molecule has 0 spiro atoms. The van der Waals surface area contributed by atoms with Gasteiger partial charge in [0.25, 0.3) is 0 Å². The van der Waals surface area contributed by atoms with Crippen LogP contribution in [0.3, 0.4) is 0 Å². The lowest BCUT2D eigenvalue weighted by Crippen LogP contribution is -1.91. The molecule has 3 aromatic carbocycles. The van der Waals surface area contributed by atoms with Crippen LogP contribution < -0.4 is 4.74 Å². The van der Waals surface area contributed by atoms with Gasteiger partial charge in [0.2, 0.25) is 0 Å². The molecule has 2 nitrogen and oxygen atoms in total.